The molecule has 0 N–H and O–H groups in total. The molecule has 1 saturated heterocycles. The van der Waals surface area contributed by atoms with Gasteiger partial charge in [-0.05, 0) is 12.8 Å². The standard InChI is InChI=1S/C9H16O4/c1-8(10)12-6-7-13-9-2-4-11-5-3-9/h9H,2-7H2,1H3. The van der Waals surface area contributed by atoms with Crippen molar-refractivity contribution in [3.63, 3.8) is 0 Å². The average molecular weight is 188 g/mol. The second kappa shape index (κ2) is 5.94. The molecule has 4 heteroatoms. The van der Waals surface area contributed by atoms with Crippen LogP contribution in [0.3, 0.4) is 0 Å². The van der Waals surface area contributed by atoms with Crippen LogP contribution >= 0.6 is 0 Å². The lowest BCUT2D eigenvalue weighted by molar-refractivity contribution is -0.143. The Kier molecular flexibility index (Phi) is 4.78. The summed E-state index contributed by atoms with van der Waals surface area (Å²) in [6.45, 7) is 3.79. The molecule has 0 unspecified atom stereocenters. The van der Waals surface area contributed by atoms with Crippen molar-refractivity contribution < 1.29 is 19.0 Å². The zero-order valence-electron chi connectivity index (χ0n) is 7.95. The van der Waals surface area contributed by atoms with E-state index in [0.717, 1.165) is 26.1 Å². The van der Waals surface area contributed by atoms with Gasteiger partial charge in [0.15, 0.2) is 0 Å². The van der Waals surface area contributed by atoms with E-state index in [0.29, 0.717) is 13.2 Å². The fourth-order valence-corrected chi connectivity index (χ4v) is 1.24. The summed E-state index contributed by atoms with van der Waals surface area (Å²) in [4.78, 5) is 10.4. The molecular weight excluding hydrogens is 172 g/mol. The third-order valence-electron chi connectivity index (χ3n) is 1.91. The van der Waals surface area contributed by atoms with Crippen LogP contribution in [0.4, 0.5) is 0 Å². The van der Waals surface area contributed by atoms with E-state index in [1.54, 1.807) is 0 Å². The molecule has 1 rings (SSSR count). The van der Waals surface area contributed by atoms with Crippen LogP contribution < -0.4 is 0 Å². The van der Waals surface area contributed by atoms with Gasteiger partial charge in [-0.1, -0.05) is 0 Å². The molecule has 1 aliphatic heterocycles. The first-order chi connectivity index (χ1) is 6.29. The van der Waals surface area contributed by atoms with Crippen LogP contribution in [0.5, 0.6) is 0 Å². The Labute approximate surface area is 78.2 Å². The highest BCUT2D eigenvalue weighted by Gasteiger charge is 2.13. The fourth-order valence-electron chi connectivity index (χ4n) is 1.24. The summed E-state index contributed by atoms with van der Waals surface area (Å²) in [5, 5.41) is 0. The van der Waals surface area contributed by atoms with Gasteiger partial charge in [-0.2, -0.15) is 0 Å². The lowest BCUT2D eigenvalue weighted by Crippen LogP contribution is -2.25. The Balaban J connectivity index is 1.95. The molecule has 0 radical (unpaired) electrons. The highest BCUT2D eigenvalue weighted by atomic mass is 16.6. The molecule has 0 aromatic carbocycles. The van der Waals surface area contributed by atoms with Gasteiger partial charge in [0.1, 0.15) is 6.61 Å². The first kappa shape index (κ1) is 10.5. The SMILES string of the molecule is CC(=O)OCCOC1CCOCC1. The van der Waals surface area contributed by atoms with Gasteiger partial charge in [-0.25, -0.2) is 0 Å². The van der Waals surface area contributed by atoms with Gasteiger partial charge >= 0.3 is 5.97 Å². The van der Waals surface area contributed by atoms with Crippen LogP contribution in [0.15, 0.2) is 0 Å². The first-order valence-electron chi connectivity index (χ1n) is 4.62. The summed E-state index contributed by atoms with van der Waals surface area (Å²) < 4.78 is 15.4. The molecule has 1 fully saturated rings. The van der Waals surface area contributed by atoms with E-state index in [2.05, 4.69) is 0 Å². The summed E-state index contributed by atoms with van der Waals surface area (Å²) in [6.07, 6.45) is 2.17. The number of esters is 1. The van der Waals surface area contributed by atoms with Crippen LogP contribution in [0, 0.1) is 0 Å². The molecule has 0 aliphatic carbocycles. The second-order valence-corrected chi connectivity index (χ2v) is 3.02. The van der Waals surface area contributed by atoms with E-state index in [9.17, 15) is 4.79 Å². The van der Waals surface area contributed by atoms with Crippen molar-refractivity contribution in [1.82, 2.24) is 0 Å². The molecule has 4 nitrogen and oxygen atoms in total. The van der Waals surface area contributed by atoms with E-state index in [-0.39, 0.29) is 12.1 Å². The second-order valence-electron chi connectivity index (χ2n) is 3.02. The number of hydrogen-bond donors (Lipinski definition) is 0. The highest BCUT2D eigenvalue weighted by molar-refractivity contribution is 5.65. The van der Waals surface area contributed by atoms with Crippen LogP contribution in [0.2, 0.25) is 0 Å². The van der Waals surface area contributed by atoms with E-state index in [1.807, 2.05) is 0 Å². The van der Waals surface area contributed by atoms with Crippen LogP contribution in [-0.4, -0.2) is 38.5 Å². The van der Waals surface area contributed by atoms with Crippen molar-refractivity contribution >= 4 is 5.97 Å². The largest absolute Gasteiger partial charge is 0.463 e. The predicted molar refractivity (Wildman–Crippen MR) is 46.4 cm³/mol. The summed E-state index contributed by atoms with van der Waals surface area (Å²) in [6, 6.07) is 0. The smallest absolute Gasteiger partial charge is 0.302 e. The van der Waals surface area contributed by atoms with Crippen molar-refractivity contribution in [3.05, 3.63) is 0 Å². The van der Waals surface area contributed by atoms with Gasteiger partial charge < -0.3 is 14.2 Å². The molecule has 0 aromatic rings. The Morgan fingerprint density at radius 1 is 1.38 bits per heavy atom. The molecular formula is C9H16O4. The summed E-state index contributed by atoms with van der Waals surface area (Å²) in [5.41, 5.74) is 0. The molecule has 0 aromatic heterocycles. The minimum absolute atomic E-state index is 0.254. The first-order valence-corrected chi connectivity index (χ1v) is 4.62. The predicted octanol–water partition coefficient (Wildman–Crippen LogP) is 0.745. The van der Waals surface area contributed by atoms with Crippen molar-refractivity contribution in [2.24, 2.45) is 0 Å². The summed E-state index contributed by atoms with van der Waals surface area (Å²) >= 11 is 0. The zero-order valence-corrected chi connectivity index (χ0v) is 7.95. The monoisotopic (exact) mass is 188 g/mol. The lowest BCUT2D eigenvalue weighted by atomic mass is 10.2. The van der Waals surface area contributed by atoms with Gasteiger partial charge in [0, 0.05) is 20.1 Å². The molecule has 1 aliphatic rings. The Morgan fingerprint density at radius 2 is 2.08 bits per heavy atom. The highest BCUT2D eigenvalue weighted by Crippen LogP contribution is 2.09. The Hall–Kier alpha value is -0.610. The molecule has 0 amide bonds. The van der Waals surface area contributed by atoms with Gasteiger partial charge in [0.2, 0.25) is 0 Å². The van der Waals surface area contributed by atoms with Gasteiger partial charge in [-0.15, -0.1) is 0 Å². The third kappa shape index (κ3) is 4.85. The maximum absolute atomic E-state index is 10.4. The fraction of sp³-hybridized carbons (Fsp3) is 0.889. The minimum Gasteiger partial charge on any atom is -0.463 e. The van der Waals surface area contributed by atoms with Gasteiger partial charge in [0.25, 0.3) is 0 Å². The van der Waals surface area contributed by atoms with E-state index in [1.165, 1.54) is 6.92 Å². The van der Waals surface area contributed by atoms with Crippen LogP contribution in [0.1, 0.15) is 19.8 Å². The van der Waals surface area contributed by atoms with Gasteiger partial charge in [-0.3, -0.25) is 4.79 Å². The van der Waals surface area contributed by atoms with E-state index >= 15 is 0 Å². The number of ether oxygens (including phenoxy) is 3. The molecule has 0 bridgehead atoms. The normalized spacial score (nSPS) is 18.5. The topological polar surface area (TPSA) is 44.8 Å². The summed E-state index contributed by atoms with van der Waals surface area (Å²) in [7, 11) is 0. The maximum atomic E-state index is 10.4. The minimum atomic E-state index is -0.254. The molecule has 0 spiro atoms. The van der Waals surface area contributed by atoms with Crippen molar-refractivity contribution in [1.29, 1.82) is 0 Å². The molecule has 76 valence electrons. The average Bonchev–Trinajstić information content (AvgIpc) is 2.14. The number of carbonyl (C=O) groups excluding carboxylic acids is 1. The Morgan fingerprint density at radius 3 is 2.69 bits per heavy atom. The molecule has 13 heavy (non-hydrogen) atoms. The Bertz CT molecular complexity index is 152. The zero-order chi connectivity index (χ0) is 9.52. The van der Waals surface area contributed by atoms with Crippen molar-refractivity contribution in [2.75, 3.05) is 26.4 Å². The molecule has 0 saturated carbocycles. The molecule has 0 atom stereocenters. The van der Waals surface area contributed by atoms with Crippen molar-refractivity contribution in [2.45, 2.75) is 25.9 Å². The van der Waals surface area contributed by atoms with Crippen LogP contribution in [-0.2, 0) is 19.0 Å². The summed E-state index contributed by atoms with van der Waals surface area (Å²) in [5.74, 6) is -0.254. The van der Waals surface area contributed by atoms with E-state index < -0.39 is 0 Å². The van der Waals surface area contributed by atoms with Gasteiger partial charge in [0.05, 0.1) is 12.7 Å². The maximum Gasteiger partial charge on any atom is 0.302 e. The van der Waals surface area contributed by atoms with E-state index in [4.69, 9.17) is 14.2 Å². The number of hydrogen-bond acceptors (Lipinski definition) is 4. The van der Waals surface area contributed by atoms with Crippen molar-refractivity contribution in [3.8, 4) is 0 Å². The number of carbonyl (C=O) groups is 1. The number of rotatable bonds is 4. The third-order valence-corrected chi connectivity index (χ3v) is 1.91. The lowest BCUT2D eigenvalue weighted by Gasteiger charge is -2.22. The van der Waals surface area contributed by atoms with Crippen LogP contribution in [0.25, 0.3) is 0 Å². The quantitative estimate of drug-likeness (QED) is 0.482. The molecule has 1 heterocycles.